The molecular formula is C21H19ClN2O5S3. The van der Waals surface area contributed by atoms with E-state index in [0.717, 1.165) is 16.9 Å². The fourth-order valence-corrected chi connectivity index (χ4v) is 6.63. The predicted molar refractivity (Wildman–Crippen MR) is 128 cm³/mol. The maximum Gasteiger partial charge on any atom is 0.269 e. The summed E-state index contributed by atoms with van der Waals surface area (Å²) in [4.78, 5) is 23.4. The summed E-state index contributed by atoms with van der Waals surface area (Å²) in [5, 5.41) is 15.4. The molecule has 0 aliphatic carbocycles. The van der Waals surface area contributed by atoms with Gasteiger partial charge in [0.15, 0.2) is 0 Å². The summed E-state index contributed by atoms with van der Waals surface area (Å²) in [7, 11) is -3.74. The number of rotatable bonds is 9. The number of nitro groups is 1. The molecule has 0 saturated carbocycles. The summed E-state index contributed by atoms with van der Waals surface area (Å²) in [6.07, 6.45) is 0. The molecule has 3 aromatic rings. The Kier molecular flexibility index (Phi) is 7.94. The average Bonchev–Trinajstić information content (AvgIpc) is 3.16. The first-order valence-electron chi connectivity index (χ1n) is 9.38. The van der Waals surface area contributed by atoms with Crippen molar-refractivity contribution in [2.45, 2.75) is 22.5 Å². The third kappa shape index (κ3) is 5.69. The smallest absolute Gasteiger partial charge is 0.269 e. The van der Waals surface area contributed by atoms with Crippen LogP contribution < -0.4 is 5.32 Å². The second-order valence-corrected chi connectivity index (χ2v) is 11.1. The Balaban J connectivity index is 1.54. The summed E-state index contributed by atoms with van der Waals surface area (Å²) >= 11 is 8.51. The van der Waals surface area contributed by atoms with Crippen LogP contribution >= 0.6 is 34.7 Å². The average molecular weight is 511 g/mol. The van der Waals surface area contributed by atoms with Gasteiger partial charge in [-0.2, -0.15) is 11.8 Å². The van der Waals surface area contributed by atoms with E-state index in [9.17, 15) is 23.3 Å². The molecule has 3 rings (SSSR count). The zero-order valence-electron chi connectivity index (χ0n) is 16.9. The molecule has 0 aliphatic heterocycles. The lowest BCUT2D eigenvalue weighted by Gasteiger charge is -2.07. The van der Waals surface area contributed by atoms with E-state index in [0.29, 0.717) is 33.5 Å². The van der Waals surface area contributed by atoms with Crippen molar-refractivity contribution in [3.05, 3.63) is 85.1 Å². The monoisotopic (exact) mass is 510 g/mol. The number of carbonyl (C=O) groups is 1. The van der Waals surface area contributed by atoms with Crippen LogP contribution in [-0.4, -0.2) is 31.5 Å². The van der Waals surface area contributed by atoms with E-state index in [2.05, 4.69) is 5.32 Å². The third-order valence-corrected chi connectivity index (χ3v) is 8.97. The molecule has 1 aromatic heterocycles. The van der Waals surface area contributed by atoms with E-state index in [1.807, 2.05) is 0 Å². The fourth-order valence-electron chi connectivity index (χ4n) is 2.85. The molecule has 2 aromatic carbocycles. The van der Waals surface area contributed by atoms with Gasteiger partial charge >= 0.3 is 0 Å². The van der Waals surface area contributed by atoms with Crippen LogP contribution in [0.4, 0.5) is 5.69 Å². The van der Waals surface area contributed by atoms with Gasteiger partial charge in [-0.05, 0) is 42.3 Å². The number of thiophene rings is 1. The Morgan fingerprint density at radius 1 is 1.16 bits per heavy atom. The van der Waals surface area contributed by atoms with Crippen LogP contribution in [0.25, 0.3) is 0 Å². The quantitative estimate of drug-likeness (QED) is 0.243. The number of nitrogens with one attached hydrogen (secondary N) is 1. The highest BCUT2D eigenvalue weighted by Gasteiger charge is 2.25. The molecule has 0 saturated heterocycles. The SMILES string of the molecule is Cc1c(S(=O)(=O)c2ccc(Cl)cc2)csc1C(=O)NCCSCc1ccc([N+](=O)[O-])cc1. The summed E-state index contributed by atoms with van der Waals surface area (Å²) in [6, 6.07) is 12.3. The summed E-state index contributed by atoms with van der Waals surface area (Å²) in [5.41, 5.74) is 1.42. The highest BCUT2D eigenvalue weighted by atomic mass is 35.5. The second-order valence-electron chi connectivity index (χ2n) is 6.74. The molecule has 0 bridgehead atoms. The topological polar surface area (TPSA) is 106 Å². The van der Waals surface area contributed by atoms with E-state index in [-0.39, 0.29) is 21.4 Å². The normalized spacial score (nSPS) is 11.3. The lowest BCUT2D eigenvalue weighted by molar-refractivity contribution is -0.384. The molecule has 0 aliphatic rings. The van der Waals surface area contributed by atoms with Crippen molar-refractivity contribution in [2.75, 3.05) is 12.3 Å². The number of hydrogen-bond donors (Lipinski definition) is 1. The number of hydrogen-bond acceptors (Lipinski definition) is 7. The van der Waals surface area contributed by atoms with Gasteiger partial charge in [-0.15, -0.1) is 11.3 Å². The van der Waals surface area contributed by atoms with Crippen LogP contribution in [0.15, 0.2) is 63.7 Å². The third-order valence-electron chi connectivity index (χ3n) is 4.56. The number of benzene rings is 2. The number of non-ortho nitro benzene ring substituents is 1. The number of amides is 1. The Bertz CT molecular complexity index is 1220. The maximum absolute atomic E-state index is 12.9. The van der Waals surface area contributed by atoms with Gasteiger partial charge in [0, 0.05) is 40.6 Å². The van der Waals surface area contributed by atoms with Gasteiger partial charge < -0.3 is 5.32 Å². The van der Waals surface area contributed by atoms with Gasteiger partial charge in [-0.1, -0.05) is 23.7 Å². The van der Waals surface area contributed by atoms with Crippen LogP contribution in [0.1, 0.15) is 20.8 Å². The molecule has 0 unspecified atom stereocenters. The first-order chi connectivity index (χ1) is 15.2. The number of carbonyl (C=O) groups excluding carboxylic acids is 1. The molecule has 168 valence electrons. The lowest BCUT2D eigenvalue weighted by Crippen LogP contribution is -2.25. The predicted octanol–water partition coefficient (Wildman–Crippen LogP) is 5.11. The molecule has 1 heterocycles. The van der Waals surface area contributed by atoms with Crippen molar-refractivity contribution in [3.63, 3.8) is 0 Å². The van der Waals surface area contributed by atoms with Gasteiger partial charge in [-0.25, -0.2) is 8.42 Å². The van der Waals surface area contributed by atoms with Crippen molar-refractivity contribution < 1.29 is 18.1 Å². The largest absolute Gasteiger partial charge is 0.351 e. The number of thioether (sulfide) groups is 1. The van der Waals surface area contributed by atoms with Crippen molar-refractivity contribution >= 4 is 56.1 Å². The van der Waals surface area contributed by atoms with Crippen molar-refractivity contribution in [1.29, 1.82) is 0 Å². The zero-order chi connectivity index (χ0) is 23.3. The highest BCUT2D eigenvalue weighted by molar-refractivity contribution is 7.98. The first kappa shape index (κ1) is 24.2. The molecule has 1 N–H and O–H groups in total. The molecule has 32 heavy (non-hydrogen) atoms. The van der Waals surface area contributed by atoms with E-state index in [1.165, 1.54) is 41.8 Å². The molecule has 0 fully saturated rings. The lowest BCUT2D eigenvalue weighted by atomic mass is 10.2. The second kappa shape index (κ2) is 10.5. The standard InChI is InChI=1S/C21H19ClN2O5S3/c1-14-19(32(28,29)18-8-4-16(22)5-9-18)13-31-20(14)21(25)23-10-11-30-12-15-2-6-17(7-3-15)24(26)27/h2-9,13H,10-12H2,1H3,(H,23,25). The number of sulfone groups is 1. The molecule has 0 spiro atoms. The summed E-state index contributed by atoms with van der Waals surface area (Å²) in [5.74, 6) is 0.986. The minimum Gasteiger partial charge on any atom is -0.351 e. The molecule has 0 radical (unpaired) electrons. The minimum absolute atomic E-state index is 0.0507. The van der Waals surface area contributed by atoms with Crippen LogP contribution in [0, 0.1) is 17.0 Å². The van der Waals surface area contributed by atoms with Gasteiger partial charge in [0.25, 0.3) is 11.6 Å². The molecule has 0 atom stereocenters. The minimum atomic E-state index is -3.74. The molecular weight excluding hydrogens is 492 g/mol. The Hall–Kier alpha value is -2.40. The fraction of sp³-hybridized carbons (Fsp3) is 0.190. The Labute approximate surface area is 198 Å². The van der Waals surface area contributed by atoms with E-state index in [1.54, 1.807) is 30.8 Å². The van der Waals surface area contributed by atoms with Crippen LogP contribution in [0.5, 0.6) is 0 Å². The molecule has 7 nitrogen and oxygen atoms in total. The molecule has 1 amide bonds. The number of halogens is 1. The Morgan fingerprint density at radius 2 is 1.81 bits per heavy atom. The van der Waals surface area contributed by atoms with Gasteiger partial charge in [0.2, 0.25) is 9.84 Å². The van der Waals surface area contributed by atoms with Gasteiger partial charge in [-0.3, -0.25) is 14.9 Å². The van der Waals surface area contributed by atoms with Crippen molar-refractivity contribution in [2.24, 2.45) is 0 Å². The zero-order valence-corrected chi connectivity index (χ0v) is 20.1. The maximum atomic E-state index is 12.9. The van der Waals surface area contributed by atoms with Crippen LogP contribution in [-0.2, 0) is 15.6 Å². The summed E-state index contributed by atoms with van der Waals surface area (Å²) in [6.45, 7) is 2.03. The van der Waals surface area contributed by atoms with Crippen LogP contribution in [0.3, 0.4) is 0 Å². The molecule has 11 heteroatoms. The van der Waals surface area contributed by atoms with E-state index in [4.69, 9.17) is 11.6 Å². The van der Waals surface area contributed by atoms with Crippen molar-refractivity contribution in [1.82, 2.24) is 5.32 Å². The van der Waals surface area contributed by atoms with Gasteiger partial charge in [0.05, 0.1) is 19.6 Å². The van der Waals surface area contributed by atoms with E-state index < -0.39 is 14.8 Å². The summed E-state index contributed by atoms with van der Waals surface area (Å²) < 4.78 is 25.8. The Morgan fingerprint density at radius 3 is 2.44 bits per heavy atom. The highest BCUT2D eigenvalue weighted by Crippen LogP contribution is 2.31. The van der Waals surface area contributed by atoms with E-state index >= 15 is 0 Å². The van der Waals surface area contributed by atoms with Gasteiger partial charge in [0.1, 0.15) is 0 Å². The van der Waals surface area contributed by atoms with Crippen molar-refractivity contribution in [3.8, 4) is 0 Å². The van der Waals surface area contributed by atoms with Crippen LogP contribution in [0.2, 0.25) is 5.02 Å². The number of nitrogens with zero attached hydrogens (tertiary/aromatic N) is 1. The first-order valence-corrected chi connectivity index (χ1v) is 13.3. The number of nitro benzene ring substituents is 1.